The highest BCUT2D eigenvalue weighted by molar-refractivity contribution is 6.31. The van der Waals surface area contributed by atoms with Gasteiger partial charge < -0.3 is 15.7 Å². The maximum Gasteiger partial charge on any atom is 0.305 e. The van der Waals surface area contributed by atoms with Crippen LogP contribution in [0, 0.1) is 0 Å². The zero-order chi connectivity index (χ0) is 24.2. The summed E-state index contributed by atoms with van der Waals surface area (Å²) >= 11 is 11.9. The summed E-state index contributed by atoms with van der Waals surface area (Å²) in [5.41, 5.74) is 1.47. The monoisotopic (exact) mass is 503 g/mol. The molecule has 2 aromatic carbocycles. The van der Waals surface area contributed by atoms with E-state index < -0.39 is 30.2 Å². The molecule has 34 heavy (non-hydrogen) atoms. The predicted molar refractivity (Wildman–Crippen MR) is 130 cm³/mol. The molecule has 4 rings (SSSR count). The Bertz CT molecular complexity index is 1050. The number of hydrogen-bond donors (Lipinski definition) is 3. The first-order chi connectivity index (χ1) is 16.3. The third-order valence-electron chi connectivity index (χ3n) is 6.60. The van der Waals surface area contributed by atoms with Gasteiger partial charge in [0.05, 0.1) is 6.42 Å². The Labute approximate surface area is 208 Å². The van der Waals surface area contributed by atoms with Crippen molar-refractivity contribution < 1.29 is 19.5 Å². The van der Waals surface area contributed by atoms with Gasteiger partial charge in [0.1, 0.15) is 6.04 Å². The van der Waals surface area contributed by atoms with E-state index in [4.69, 9.17) is 23.2 Å². The van der Waals surface area contributed by atoms with Crippen LogP contribution in [0.3, 0.4) is 0 Å². The van der Waals surface area contributed by atoms with Crippen molar-refractivity contribution in [3.63, 3.8) is 0 Å². The number of fused-ring (bicyclic) bond motifs is 2. The lowest BCUT2D eigenvalue weighted by molar-refractivity contribution is -0.140. The van der Waals surface area contributed by atoms with Gasteiger partial charge >= 0.3 is 5.97 Å². The predicted octanol–water partition coefficient (Wildman–Crippen LogP) is 3.88. The number of aliphatic carboxylic acids is 1. The molecule has 7 nitrogen and oxygen atoms in total. The Morgan fingerprint density at radius 1 is 1.00 bits per heavy atom. The van der Waals surface area contributed by atoms with Gasteiger partial charge in [-0.25, -0.2) is 0 Å². The molecule has 2 aromatic rings. The first-order valence-corrected chi connectivity index (χ1v) is 12.1. The number of nitrogens with zero attached hydrogens (tertiary/aromatic N) is 1. The molecule has 2 heterocycles. The second kappa shape index (κ2) is 10.8. The van der Waals surface area contributed by atoms with Crippen LogP contribution in [0.2, 0.25) is 10.0 Å². The van der Waals surface area contributed by atoms with E-state index in [0.717, 1.165) is 32.2 Å². The molecule has 2 amide bonds. The summed E-state index contributed by atoms with van der Waals surface area (Å²) in [7, 11) is 0. The highest BCUT2D eigenvalue weighted by Crippen LogP contribution is 2.37. The first kappa shape index (κ1) is 24.5. The highest BCUT2D eigenvalue weighted by atomic mass is 35.5. The van der Waals surface area contributed by atoms with E-state index in [1.807, 2.05) is 24.3 Å². The van der Waals surface area contributed by atoms with Crippen molar-refractivity contribution in [3.05, 3.63) is 69.7 Å². The van der Waals surface area contributed by atoms with Crippen molar-refractivity contribution in [2.75, 3.05) is 0 Å². The van der Waals surface area contributed by atoms with Crippen LogP contribution >= 0.6 is 23.2 Å². The van der Waals surface area contributed by atoms with Crippen LogP contribution in [0.1, 0.15) is 48.0 Å². The van der Waals surface area contributed by atoms with Crippen molar-refractivity contribution in [2.45, 2.75) is 62.8 Å². The average Bonchev–Trinajstić information content (AvgIpc) is 3.01. The van der Waals surface area contributed by atoms with Gasteiger partial charge in [0, 0.05) is 40.3 Å². The van der Waals surface area contributed by atoms with E-state index in [-0.39, 0.29) is 11.6 Å². The Kier molecular flexibility index (Phi) is 7.76. The van der Waals surface area contributed by atoms with Gasteiger partial charge in [-0.2, -0.15) is 0 Å². The van der Waals surface area contributed by atoms with Gasteiger partial charge in [-0.05, 0) is 61.6 Å². The van der Waals surface area contributed by atoms with Gasteiger partial charge in [-0.1, -0.05) is 41.4 Å². The summed E-state index contributed by atoms with van der Waals surface area (Å²) in [6.07, 6.45) is 3.21. The van der Waals surface area contributed by atoms with Gasteiger partial charge in [-0.15, -0.1) is 0 Å². The molecule has 4 atom stereocenters. The Hall–Kier alpha value is -2.61. The maximum absolute atomic E-state index is 13.0. The van der Waals surface area contributed by atoms with Crippen molar-refractivity contribution in [1.29, 1.82) is 0 Å². The van der Waals surface area contributed by atoms with E-state index in [1.54, 1.807) is 18.2 Å². The number of rotatable bonds is 8. The van der Waals surface area contributed by atoms with E-state index in [2.05, 4.69) is 15.5 Å². The lowest BCUT2D eigenvalue weighted by Crippen LogP contribution is -2.54. The van der Waals surface area contributed by atoms with Crippen LogP contribution in [-0.2, 0) is 16.1 Å². The number of carboxylic acid groups (broad SMARTS) is 1. The molecule has 0 spiro atoms. The average molecular weight is 504 g/mol. The zero-order valence-corrected chi connectivity index (χ0v) is 20.1. The van der Waals surface area contributed by atoms with E-state index in [9.17, 15) is 19.5 Å². The Morgan fingerprint density at radius 2 is 1.68 bits per heavy atom. The molecule has 0 saturated carbocycles. The first-order valence-electron chi connectivity index (χ1n) is 11.4. The van der Waals surface area contributed by atoms with Crippen LogP contribution < -0.4 is 10.6 Å². The third-order valence-corrected chi connectivity index (χ3v) is 7.08. The molecule has 0 aliphatic carbocycles. The standard InChI is InChI=1S/C25H27Cl2N3O4/c26-17-6-4-15(5-7-17)14-30-20-8-9-21(30)12-19(11-20)28-25(34)22(13-23(31)32)29-24(33)16-2-1-3-18(27)10-16/h1-7,10,19-22H,8-9,11-14H2,(H,28,34)(H,29,33)(H,31,32)/t19?,20-,21?,22?/m1/s1. The lowest BCUT2D eigenvalue weighted by atomic mass is 9.96. The number of amides is 2. The topological polar surface area (TPSA) is 98.7 Å². The molecular formula is C25H27Cl2N3O4. The molecule has 2 aliphatic rings. The number of piperidine rings is 1. The normalized spacial score (nSPS) is 22.7. The largest absolute Gasteiger partial charge is 0.481 e. The van der Waals surface area contributed by atoms with E-state index in [1.165, 1.54) is 11.6 Å². The zero-order valence-electron chi connectivity index (χ0n) is 18.5. The fourth-order valence-electron chi connectivity index (χ4n) is 5.01. The second-order valence-electron chi connectivity index (χ2n) is 8.99. The number of carbonyl (C=O) groups is 3. The Morgan fingerprint density at radius 3 is 2.29 bits per heavy atom. The Balaban J connectivity index is 1.37. The van der Waals surface area contributed by atoms with Gasteiger partial charge in [-0.3, -0.25) is 19.3 Å². The van der Waals surface area contributed by atoms with Crippen LogP contribution in [0.5, 0.6) is 0 Å². The lowest BCUT2D eigenvalue weighted by Gasteiger charge is -2.39. The summed E-state index contributed by atoms with van der Waals surface area (Å²) in [5.74, 6) is -2.18. The number of benzene rings is 2. The minimum Gasteiger partial charge on any atom is -0.481 e. The molecule has 0 aromatic heterocycles. The molecule has 2 fully saturated rings. The third kappa shape index (κ3) is 6.09. The highest BCUT2D eigenvalue weighted by Gasteiger charge is 2.41. The minimum atomic E-state index is -1.17. The molecule has 3 N–H and O–H groups in total. The number of nitrogens with one attached hydrogen (secondary N) is 2. The van der Waals surface area contributed by atoms with Crippen molar-refractivity contribution >= 4 is 41.0 Å². The quantitative estimate of drug-likeness (QED) is 0.507. The second-order valence-corrected chi connectivity index (χ2v) is 9.87. The molecule has 2 saturated heterocycles. The molecule has 0 radical (unpaired) electrons. The van der Waals surface area contributed by atoms with E-state index in [0.29, 0.717) is 22.1 Å². The summed E-state index contributed by atoms with van der Waals surface area (Å²) in [6, 6.07) is 13.6. The summed E-state index contributed by atoms with van der Waals surface area (Å²) < 4.78 is 0. The van der Waals surface area contributed by atoms with Gasteiger partial charge in [0.15, 0.2) is 0 Å². The number of hydrogen-bond acceptors (Lipinski definition) is 4. The molecule has 180 valence electrons. The summed E-state index contributed by atoms with van der Waals surface area (Å²) in [5, 5.41) is 15.9. The van der Waals surface area contributed by atoms with Crippen LogP contribution in [0.4, 0.5) is 0 Å². The van der Waals surface area contributed by atoms with Crippen molar-refractivity contribution in [1.82, 2.24) is 15.5 Å². The fourth-order valence-corrected chi connectivity index (χ4v) is 5.32. The van der Waals surface area contributed by atoms with Gasteiger partial charge in [0.2, 0.25) is 5.91 Å². The minimum absolute atomic E-state index is 0.0640. The van der Waals surface area contributed by atoms with Crippen LogP contribution in [0.25, 0.3) is 0 Å². The van der Waals surface area contributed by atoms with Crippen LogP contribution in [0.15, 0.2) is 48.5 Å². The van der Waals surface area contributed by atoms with Crippen molar-refractivity contribution in [2.24, 2.45) is 0 Å². The van der Waals surface area contributed by atoms with Crippen molar-refractivity contribution in [3.8, 4) is 0 Å². The molecule has 2 bridgehead atoms. The number of halogens is 2. The molecule has 3 unspecified atom stereocenters. The maximum atomic E-state index is 13.0. The number of carboxylic acids is 1. The summed E-state index contributed by atoms with van der Waals surface area (Å²) in [4.78, 5) is 39.4. The number of carbonyl (C=O) groups excluding carboxylic acids is 2. The van der Waals surface area contributed by atoms with Crippen LogP contribution in [-0.4, -0.2) is 52.0 Å². The molecule has 2 aliphatic heterocycles. The summed E-state index contributed by atoms with van der Waals surface area (Å²) in [6.45, 7) is 0.838. The molecule has 9 heteroatoms. The van der Waals surface area contributed by atoms with Gasteiger partial charge in [0.25, 0.3) is 5.91 Å². The van der Waals surface area contributed by atoms with E-state index >= 15 is 0 Å². The SMILES string of the molecule is O=C(O)CC(NC(=O)c1cccc(Cl)c1)C(=O)NC1CC2CC[C@H](C1)N2Cc1ccc(Cl)cc1. The smallest absolute Gasteiger partial charge is 0.305 e. The fraction of sp³-hybridized carbons (Fsp3) is 0.400. The molecular weight excluding hydrogens is 477 g/mol.